The number of allylic oxidation sites excluding steroid dienone is 1. The quantitative estimate of drug-likeness (QED) is 0.587. The molecule has 4 atom stereocenters. The van der Waals surface area contributed by atoms with E-state index in [0.29, 0.717) is 17.5 Å². The highest BCUT2D eigenvalue weighted by molar-refractivity contribution is 6.80. The zero-order chi connectivity index (χ0) is 12.7. The van der Waals surface area contributed by atoms with Crippen molar-refractivity contribution in [3.63, 3.8) is 0 Å². The molecule has 1 aliphatic carbocycles. The summed E-state index contributed by atoms with van der Waals surface area (Å²) < 4.78 is 0. The van der Waals surface area contributed by atoms with E-state index >= 15 is 0 Å². The third-order valence-corrected chi connectivity index (χ3v) is 9.51. The molecule has 1 nitrogen and oxygen atoms in total. The molecule has 94 valence electrons. The molecule has 3 heteroatoms. The second kappa shape index (κ2) is 4.43. The Morgan fingerprint density at radius 2 is 1.38 bits per heavy atom. The third-order valence-electron chi connectivity index (χ3n) is 4.02. The molecule has 0 fully saturated rings. The average Bonchev–Trinajstić information content (AvgIpc) is 1.97. The third kappa shape index (κ3) is 2.87. The topological polar surface area (TPSA) is 26.0 Å². The van der Waals surface area contributed by atoms with E-state index in [0.717, 1.165) is 5.54 Å². The zero-order valence-electron chi connectivity index (χ0n) is 12.0. The van der Waals surface area contributed by atoms with Gasteiger partial charge in [-0.05, 0) is 17.0 Å². The molecule has 0 heterocycles. The Labute approximate surface area is 104 Å². The Kier molecular flexibility index (Phi) is 3.93. The van der Waals surface area contributed by atoms with Crippen molar-refractivity contribution in [3.05, 3.63) is 12.2 Å². The van der Waals surface area contributed by atoms with Crippen LogP contribution in [-0.4, -0.2) is 22.2 Å². The molecule has 16 heavy (non-hydrogen) atoms. The summed E-state index contributed by atoms with van der Waals surface area (Å²) in [7, 11) is -2.32. The lowest BCUT2D eigenvalue weighted by molar-refractivity contribution is 0.488. The number of hydrogen-bond acceptors (Lipinski definition) is 1. The first-order valence-corrected chi connectivity index (χ1v) is 13.6. The van der Waals surface area contributed by atoms with Crippen LogP contribution in [0.2, 0.25) is 50.4 Å². The molecule has 0 aliphatic heterocycles. The molecule has 4 unspecified atom stereocenters. The fourth-order valence-corrected chi connectivity index (χ4v) is 8.64. The molecule has 0 saturated carbocycles. The van der Waals surface area contributed by atoms with Crippen LogP contribution in [0.5, 0.6) is 0 Å². The number of hydrogen-bond donors (Lipinski definition) is 1. The van der Waals surface area contributed by atoms with Crippen LogP contribution in [0.15, 0.2) is 12.2 Å². The summed E-state index contributed by atoms with van der Waals surface area (Å²) in [6.07, 6.45) is 4.87. The van der Waals surface area contributed by atoms with Gasteiger partial charge in [0.05, 0.1) is 8.07 Å². The van der Waals surface area contributed by atoms with E-state index in [1.54, 1.807) is 0 Å². The number of rotatable bonds is 2. The van der Waals surface area contributed by atoms with E-state index in [9.17, 15) is 0 Å². The molecule has 1 rings (SSSR count). The minimum Gasteiger partial charge on any atom is -0.327 e. The van der Waals surface area contributed by atoms with E-state index in [4.69, 9.17) is 5.73 Å². The average molecular weight is 256 g/mol. The highest BCUT2D eigenvalue weighted by atomic mass is 28.3. The van der Waals surface area contributed by atoms with E-state index in [1.807, 2.05) is 0 Å². The predicted octanol–water partition coefficient (Wildman–Crippen LogP) is 3.94. The number of nitrogens with two attached hydrogens (primary N) is 1. The molecule has 2 N–H and O–H groups in total. The zero-order valence-corrected chi connectivity index (χ0v) is 14.0. The first kappa shape index (κ1) is 14.2. The summed E-state index contributed by atoms with van der Waals surface area (Å²) in [5.41, 5.74) is 8.02. The maximum Gasteiger partial charge on any atom is 0.0533 e. The van der Waals surface area contributed by atoms with Crippen LogP contribution in [0.1, 0.15) is 6.92 Å². The van der Waals surface area contributed by atoms with Gasteiger partial charge in [-0.25, -0.2) is 0 Å². The SMILES string of the molecule is CC1C=CC([Si](C)(C)C)C(N)C1[Si](C)(C)C. The van der Waals surface area contributed by atoms with Gasteiger partial charge in [-0.1, -0.05) is 58.4 Å². The molecule has 1 aliphatic rings. The summed E-state index contributed by atoms with van der Waals surface area (Å²) >= 11 is 0. The van der Waals surface area contributed by atoms with Crippen molar-refractivity contribution < 1.29 is 0 Å². The summed E-state index contributed by atoms with van der Waals surface area (Å²) in [6.45, 7) is 17.1. The Hall–Kier alpha value is 0.134. The molecule has 0 aromatic rings. The van der Waals surface area contributed by atoms with Crippen molar-refractivity contribution in [1.82, 2.24) is 0 Å². The molecular formula is C13H29NSi2. The fourth-order valence-electron chi connectivity index (χ4n) is 3.35. The van der Waals surface area contributed by atoms with Crippen LogP contribution in [0, 0.1) is 5.92 Å². The first-order valence-electron chi connectivity index (χ1n) is 6.49. The minimum atomic E-state index is -1.16. The van der Waals surface area contributed by atoms with Gasteiger partial charge in [0, 0.05) is 14.1 Å². The predicted molar refractivity (Wildman–Crippen MR) is 80.5 cm³/mol. The van der Waals surface area contributed by atoms with Gasteiger partial charge in [-0.15, -0.1) is 0 Å². The lowest BCUT2D eigenvalue weighted by Crippen LogP contribution is -2.52. The van der Waals surface area contributed by atoms with Crippen LogP contribution >= 0.6 is 0 Å². The molecule has 0 spiro atoms. The monoisotopic (exact) mass is 255 g/mol. The van der Waals surface area contributed by atoms with Gasteiger partial charge in [0.15, 0.2) is 0 Å². The van der Waals surface area contributed by atoms with Gasteiger partial charge in [0.2, 0.25) is 0 Å². The normalized spacial score (nSPS) is 36.5. The van der Waals surface area contributed by atoms with Crippen LogP contribution < -0.4 is 5.73 Å². The van der Waals surface area contributed by atoms with Crippen molar-refractivity contribution in [2.75, 3.05) is 0 Å². The van der Waals surface area contributed by atoms with E-state index < -0.39 is 16.1 Å². The maximum atomic E-state index is 6.60. The van der Waals surface area contributed by atoms with Crippen molar-refractivity contribution in [2.24, 2.45) is 11.7 Å². The largest absolute Gasteiger partial charge is 0.327 e. The summed E-state index contributed by atoms with van der Waals surface area (Å²) in [4.78, 5) is 0. The lowest BCUT2D eigenvalue weighted by Gasteiger charge is -2.46. The van der Waals surface area contributed by atoms with Gasteiger partial charge in [-0.3, -0.25) is 0 Å². The molecule has 0 aromatic carbocycles. The van der Waals surface area contributed by atoms with E-state index in [1.165, 1.54) is 0 Å². The van der Waals surface area contributed by atoms with Crippen LogP contribution in [0.4, 0.5) is 0 Å². The van der Waals surface area contributed by atoms with E-state index in [-0.39, 0.29) is 0 Å². The molecular weight excluding hydrogens is 226 g/mol. The Balaban J connectivity index is 3.03. The van der Waals surface area contributed by atoms with E-state index in [2.05, 4.69) is 58.4 Å². The van der Waals surface area contributed by atoms with Crippen LogP contribution in [0.3, 0.4) is 0 Å². The first-order chi connectivity index (χ1) is 7.05. The highest BCUT2D eigenvalue weighted by Crippen LogP contribution is 2.44. The van der Waals surface area contributed by atoms with Crippen molar-refractivity contribution in [1.29, 1.82) is 0 Å². The van der Waals surface area contributed by atoms with Gasteiger partial charge in [-0.2, -0.15) is 0 Å². The Bertz CT molecular complexity index is 273. The van der Waals surface area contributed by atoms with Crippen molar-refractivity contribution in [2.45, 2.75) is 63.3 Å². The lowest BCUT2D eigenvalue weighted by atomic mass is 9.92. The molecule has 0 bridgehead atoms. The fraction of sp³-hybridized carbons (Fsp3) is 0.846. The smallest absolute Gasteiger partial charge is 0.0533 e. The van der Waals surface area contributed by atoms with Gasteiger partial charge < -0.3 is 5.73 Å². The van der Waals surface area contributed by atoms with Gasteiger partial charge in [0.25, 0.3) is 0 Å². The Morgan fingerprint density at radius 1 is 0.875 bits per heavy atom. The second-order valence-corrected chi connectivity index (χ2v) is 18.4. The van der Waals surface area contributed by atoms with Crippen molar-refractivity contribution >= 4 is 16.1 Å². The van der Waals surface area contributed by atoms with Crippen LogP contribution in [0.25, 0.3) is 0 Å². The standard InChI is InChI=1S/C13H29NSi2/c1-10-8-9-11(15(2,3)4)12(14)13(10)16(5,6)7/h8-13H,14H2,1-7H3. The molecule has 0 aromatic heterocycles. The summed E-state index contributed by atoms with van der Waals surface area (Å²) in [5.74, 6) is 0.675. The summed E-state index contributed by atoms with van der Waals surface area (Å²) in [6, 6.07) is 0.401. The van der Waals surface area contributed by atoms with Gasteiger partial charge >= 0.3 is 0 Å². The highest BCUT2D eigenvalue weighted by Gasteiger charge is 2.43. The molecule has 0 saturated heterocycles. The molecule has 0 amide bonds. The Morgan fingerprint density at radius 3 is 1.75 bits per heavy atom. The van der Waals surface area contributed by atoms with Crippen LogP contribution in [-0.2, 0) is 0 Å². The maximum absolute atomic E-state index is 6.60. The summed E-state index contributed by atoms with van der Waals surface area (Å²) in [5, 5.41) is 0. The minimum absolute atomic E-state index is 0.401. The van der Waals surface area contributed by atoms with Crippen molar-refractivity contribution in [3.8, 4) is 0 Å². The second-order valence-electron chi connectivity index (χ2n) is 7.60. The van der Waals surface area contributed by atoms with Gasteiger partial charge in [0.1, 0.15) is 0 Å². The molecule has 0 radical (unpaired) electrons.